The Morgan fingerprint density at radius 1 is 0.395 bits per heavy atom. The molecule has 1 radical (unpaired) electrons. The molecule has 4 fully saturated rings. The zero-order valence-electron chi connectivity index (χ0n) is 49.8. The number of allylic oxidation sites excluding steroid dienone is 2. The van der Waals surface area contributed by atoms with Crippen LogP contribution in [0.25, 0.3) is 11.1 Å². The normalized spacial score (nSPS) is 19.1. The van der Waals surface area contributed by atoms with Gasteiger partial charge in [0, 0.05) is 63.5 Å². The number of aryl methyl sites for hydroxylation is 8. The van der Waals surface area contributed by atoms with Gasteiger partial charge in [-0.05, 0) is 139 Å². The number of carbonyl (C=O) groups is 4. The molecule has 2 aromatic heterocycles. The van der Waals surface area contributed by atoms with Crippen LogP contribution < -0.4 is 9.97 Å². The van der Waals surface area contributed by atoms with Crippen LogP contribution in [0.5, 0.6) is 0 Å². The summed E-state index contributed by atoms with van der Waals surface area (Å²) in [6.07, 6.45) is 0. The van der Waals surface area contributed by atoms with E-state index in [1.807, 2.05) is 75.0 Å². The smallest absolute Gasteiger partial charge is 0.660 e. The Morgan fingerprint density at radius 2 is 0.654 bits per heavy atom. The Morgan fingerprint density at radius 3 is 0.926 bits per heavy atom. The van der Waals surface area contributed by atoms with E-state index in [0.29, 0.717) is 150 Å². The fraction of sp³-hybridized carbons (Fsp3) is 0.469. The van der Waals surface area contributed by atoms with Crippen molar-refractivity contribution in [1.82, 2.24) is 29.6 Å². The summed E-state index contributed by atoms with van der Waals surface area (Å²) in [7, 11) is 0. The van der Waals surface area contributed by atoms with E-state index in [2.05, 4.69) is 65.8 Å². The first-order chi connectivity index (χ1) is 38.2. The molecule has 0 bridgehead atoms. The van der Waals surface area contributed by atoms with E-state index in [1.165, 1.54) is 11.1 Å². The maximum Gasteiger partial charge on any atom is 2.00 e. The third-order valence-corrected chi connectivity index (χ3v) is 16.3. The van der Waals surface area contributed by atoms with Crippen molar-refractivity contribution in [1.29, 1.82) is 0 Å². The molecule has 0 unspecified atom stereocenters. The molecule has 0 spiro atoms. The summed E-state index contributed by atoms with van der Waals surface area (Å²) >= 11 is 0. The van der Waals surface area contributed by atoms with Crippen LogP contribution in [-0.4, -0.2) is 160 Å². The number of ether oxygens (including phenoxy) is 4. The van der Waals surface area contributed by atoms with Crippen LogP contribution in [0.1, 0.15) is 127 Å². The van der Waals surface area contributed by atoms with Crippen molar-refractivity contribution in [2.75, 3.05) is 105 Å². The van der Waals surface area contributed by atoms with Gasteiger partial charge in [-0.2, -0.15) is 0 Å². The number of hydrogen-bond donors (Lipinski definition) is 0. The molecule has 4 saturated heterocycles. The Labute approximate surface area is 488 Å². The zero-order valence-corrected chi connectivity index (χ0v) is 50.8. The molecule has 8 heterocycles. The molecule has 10 rings (SSSR count). The number of rotatable bonds is 8. The van der Waals surface area contributed by atoms with E-state index in [0.717, 1.165) is 89.6 Å². The first-order valence-corrected chi connectivity index (χ1v) is 28.1. The number of amides is 4. The summed E-state index contributed by atoms with van der Waals surface area (Å²) in [6, 6.07) is 8.66. The molecule has 6 aliphatic rings. The minimum Gasteiger partial charge on any atom is -0.660 e. The summed E-state index contributed by atoms with van der Waals surface area (Å²) in [6.45, 7) is 37.0. The number of carbonyl (C=O) groups excluding carboxylic acids is 4. The van der Waals surface area contributed by atoms with Crippen molar-refractivity contribution in [2.24, 2.45) is 9.98 Å². The number of hydrogen-bond acceptors (Lipinski definition) is 10. The molecule has 0 aliphatic carbocycles. The maximum atomic E-state index is 13.7. The largest absolute Gasteiger partial charge is 2.00 e. The first kappa shape index (κ1) is 60.6. The summed E-state index contributed by atoms with van der Waals surface area (Å²) in [5.41, 5.74) is 22.3. The standard InChI is InChI=1S/2C32H40N4O4.Co/c2*1-18-16-19(2)25(20(3)17-18)28(29-21(4)26(23(6)33-29)31(37)35-8-12-39-13-9-35)30-22(5)27(24(7)34-30)32(38)36-10-14-40-15-11-36;/h2*16-17H,8-15H2,1-7H3,(H,33,34,37,38);/q;;+2/p-2. The molecule has 17 heteroatoms. The topological polar surface area (TPSA) is 171 Å². The molecule has 6 aliphatic heterocycles. The van der Waals surface area contributed by atoms with Crippen LogP contribution in [0.3, 0.4) is 0 Å². The van der Waals surface area contributed by atoms with Crippen molar-refractivity contribution in [2.45, 2.75) is 96.9 Å². The minimum atomic E-state index is -0.0136. The molecule has 4 amide bonds. The number of aliphatic imine (C=N–C) groups is 2. The second kappa shape index (κ2) is 25.3. The van der Waals surface area contributed by atoms with Crippen molar-refractivity contribution < 1.29 is 54.9 Å². The average molecular weight is 1150 g/mol. The summed E-state index contributed by atoms with van der Waals surface area (Å²) in [5, 5.41) is 0. The molecular weight excluding hydrogens is 1070 g/mol. The summed E-state index contributed by atoms with van der Waals surface area (Å²) in [5.74, 6) is -0.0544. The second-order valence-corrected chi connectivity index (χ2v) is 22.1. The van der Waals surface area contributed by atoms with Crippen LogP contribution >= 0.6 is 0 Å². The quantitative estimate of drug-likeness (QED) is 0.168. The van der Waals surface area contributed by atoms with Crippen molar-refractivity contribution >= 4 is 46.2 Å². The third-order valence-electron chi connectivity index (χ3n) is 16.3. The van der Waals surface area contributed by atoms with E-state index in [-0.39, 0.29) is 40.4 Å². The van der Waals surface area contributed by atoms with Gasteiger partial charge in [0.1, 0.15) is 0 Å². The second-order valence-electron chi connectivity index (χ2n) is 22.1. The molecule has 4 aromatic rings. The Bertz CT molecular complexity index is 3110. The molecule has 0 N–H and O–H groups in total. The van der Waals surface area contributed by atoms with Gasteiger partial charge in [0.05, 0.1) is 86.8 Å². The van der Waals surface area contributed by atoms with E-state index >= 15 is 0 Å². The van der Waals surface area contributed by atoms with Crippen LogP contribution in [0, 0.1) is 69.2 Å². The summed E-state index contributed by atoms with van der Waals surface area (Å²) < 4.78 is 21.9. The van der Waals surface area contributed by atoms with Crippen LogP contribution in [0.15, 0.2) is 67.9 Å². The Balaban J connectivity index is 0.000000210. The molecule has 2 aromatic carbocycles. The molecule has 431 valence electrons. The number of benzene rings is 2. The number of morpholine rings is 4. The van der Waals surface area contributed by atoms with Gasteiger partial charge in [-0.3, -0.25) is 29.2 Å². The number of aromatic nitrogens is 2. The minimum absolute atomic E-state index is 0. The predicted molar refractivity (Wildman–Crippen MR) is 312 cm³/mol. The van der Waals surface area contributed by atoms with Gasteiger partial charge in [-0.1, -0.05) is 60.4 Å². The van der Waals surface area contributed by atoms with E-state index in [9.17, 15) is 19.2 Å². The third kappa shape index (κ3) is 11.9. The Kier molecular flexibility index (Phi) is 19.0. The van der Waals surface area contributed by atoms with E-state index in [4.69, 9.17) is 38.9 Å². The van der Waals surface area contributed by atoms with Gasteiger partial charge in [0.25, 0.3) is 23.6 Å². The average Bonchev–Trinajstić information content (AvgIpc) is 4.17. The van der Waals surface area contributed by atoms with E-state index < -0.39 is 0 Å². The summed E-state index contributed by atoms with van der Waals surface area (Å²) in [4.78, 5) is 82.2. The Hall–Kier alpha value is -6.47. The van der Waals surface area contributed by atoms with Gasteiger partial charge in [0.2, 0.25) is 0 Å². The van der Waals surface area contributed by atoms with Gasteiger partial charge in [-0.25, -0.2) is 0 Å². The van der Waals surface area contributed by atoms with Gasteiger partial charge in [-0.15, -0.1) is 22.8 Å². The van der Waals surface area contributed by atoms with Crippen molar-refractivity contribution in [3.8, 4) is 0 Å². The molecule has 81 heavy (non-hydrogen) atoms. The first-order valence-electron chi connectivity index (χ1n) is 28.1. The zero-order chi connectivity index (χ0) is 57.4. The number of nitrogens with zero attached hydrogens (tertiary/aromatic N) is 8. The van der Waals surface area contributed by atoms with Gasteiger partial charge in [0.15, 0.2) is 0 Å². The molecule has 16 nitrogen and oxygen atoms in total. The van der Waals surface area contributed by atoms with Crippen LogP contribution in [0.2, 0.25) is 0 Å². The predicted octanol–water partition coefficient (Wildman–Crippen LogP) is 8.13. The van der Waals surface area contributed by atoms with Crippen LogP contribution in [-0.2, 0) is 45.3 Å². The van der Waals surface area contributed by atoms with Gasteiger partial charge < -0.3 is 48.5 Å². The van der Waals surface area contributed by atoms with Gasteiger partial charge >= 0.3 is 16.8 Å². The SMILES string of the molecule is CC1=N/C(=C(\c2[n-]c(C)c(C(=O)N3CCOCC3)c2C)c2c(C)cc(C)cc2C)C(C)=C1C(=O)N1CCOCC1.CC1=N/C(=C(\c2[n-]c(C)c(C(=O)N3CCOCC3)c2C)c2c(C)cc(C)cc2C)C(C)=C1C(=O)N1CCOCC1.[Co+2]. The molecular formula is C64H78CoN8O8. The molecule has 0 saturated carbocycles. The van der Waals surface area contributed by atoms with Crippen LogP contribution in [0.4, 0.5) is 0 Å². The fourth-order valence-electron chi connectivity index (χ4n) is 12.6. The monoisotopic (exact) mass is 1150 g/mol. The fourth-order valence-corrected chi connectivity index (χ4v) is 12.6. The maximum absolute atomic E-state index is 13.7. The van der Waals surface area contributed by atoms with Crippen molar-refractivity contribution in [3.05, 3.63) is 147 Å². The van der Waals surface area contributed by atoms with E-state index in [1.54, 1.807) is 0 Å². The molecule has 0 atom stereocenters. The van der Waals surface area contributed by atoms with Crippen molar-refractivity contribution in [3.63, 3.8) is 0 Å².